The van der Waals surface area contributed by atoms with Crippen molar-refractivity contribution in [3.05, 3.63) is 53.7 Å². The number of piperidine rings is 1. The van der Waals surface area contributed by atoms with Crippen LogP contribution in [0.5, 0.6) is 0 Å². The van der Waals surface area contributed by atoms with E-state index in [-0.39, 0.29) is 18.2 Å². The average Bonchev–Trinajstić information content (AvgIpc) is 2.71. The van der Waals surface area contributed by atoms with Gasteiger partial charge in [0.2, 0.25) is 16.0 Å². The van der Waals surface area contributed by atoms with Crippen molar-refractivity contribution in [3.8, 4) is 0 Å². The summed E-state index contributed by atoms with van der Waals surface area (Å²) in [5.41, 5.74) is 1.53. The van der Waals surface area contributed by atoms with Crippen LogP contribution in [0.1, 0.15) is 18.4 Å². The highest BCUT2D eigenvalue weighted by Gasteiger charge is 2.25. The van der Waals surface area contributed by atoms with Gasteiger partial charge in [0.15, 0.2) is 11.6 Å². The maximum absolute atomic E-state index is 11.8. The second-order valence-electron chi connectivity index (χ2n) is 7.10. The number of ketones is 1. The predicted octanol–water partition coefficient (Wildman–Crippen LogP) is 3.01. The molecule has 10 heteroatoms. The van der Waals surface area contributed by atoms with Crippen molar-refractivity contribution in [2.75, 3.05) is 30.0 Å². The molecule has 2 N–H and O–H groups in total. The van der Waals surface area contributed by atoms with E-state index in [1.165, 1.54) is 22.8 Å². The van der Waals surface area contributed by atoms with Crippen molar-refractivity contribution in [2.24, 2.45) is 0 Å². The second-order valence-corrected chi connectivity index (χ2v) is 9.49. The fourth-order valence-electron chi connectivity index (χ4n) is 3.22. The molecule has 0 bridgehead atoms. The van der Waals surface area contributed by atoms with E-state index < -0.39 is 10.0 Å². The molecular weight excluding hydrogens is 426 g/mol. The third kappa shape index (κ3) is 5.78. The van der Waals surface area contributed by atoms with Crippen LogP contribution in [0, 0.1) is 0 Å². The molecule has 1 fully saturated rings. The number of nitrogens with zero attached hydrogens (tertiary/aromatic N) is 3. The molecule has 0 saturated carbocycles. The maximum atomic E-state index is 11.8. The van der Waals surface area contributed by atoms with E-state index in [0.29, 0.717) is 42.7 Å². The Labute approximate surface area is 181 Å². The third-order valence-electron chi connectivity index (χ3n) is 4.86. The van der Waals surface area contributed by atoms with Gasteiger partial charge in [0, 0.05) is 31.2 Å². The number of sulfonamides is 1. The Balaban J connectivity index is 1.71. The lowest BCUT2D eigenvalue weighted by Crippen LogP contribution is -2.42. The molecule has 0 spiro atoms. The molecule has 160 valence electrons. The Morgan fingerprint density at radius 1 is 1.33 bits per heavy atom. The van der Waals surface area contributed by atoms with Gasteiger partial charge in [0.1, 0.15) is 5.02 Å². The molecule has 0 radical (unpaired) electrons. The number of allylic oxidation sites excluding steroid dienone is 1. The lowest BCUT2D eigenvalue weighted by molar-refractivity contribution is -0.114. The maximum Gasteiger partial charge on any atom is 0.224 e. The van der Waals surface area contributed by atoms with Crippen LogP contribution in [-0.2, 0) is 21.2 Å². The number of hydrogen-bond donors (Lipinski definition) is 2. The van der Waals surface area contributed by atoms with E-state index in [9.17, 15) is 13.2 Å². The molecule has 8 nitrogen and oxygen atoms in total. The molecule has 30 heavy (non-hydrogen) atoms. The van der Waals surface area contributed by atoms with Gasteiger partial charge in [-0.3, -0.25) is 4.79 Å². The zero-order valence-corrected chi connectivity index (χ0v) is 18.2. The number of anilines is 3. The van der Waals surface area contributed by atoms with E-state index in [0.717, 1.165) is 11.3 Å². The summed E-state index contributed by atoms with van der Waals surface area (Å²) >= 11 is 6.27. The number of carbonyl (C=O) groups is 1. The molecule has 1 aliphatic heterocycles. The summed E-state index contributed by atoms with van der Waals surface area (Å²) in [6, 6.07) is 7.48. The van der Waals surface area contributed by atoms with Crippen molar-refractivity contribution in [1.82, 2.24) is 14.3 Å². The van der Waals surface area contributed by atoms with Crippen LogP contribution in [0.4, 0.5) is 17.5 Å². The highest BCUT2D eigenvalue weighted by Crippen LogP contribution is 2.27. The topological polar surface area (TPSA) is 104 Å². The highest BCUT2D eigenvalue weighted by atomic mass is 35.5. The molecule has 1 aromatic heterocycles. The van der Waals surface area contributed by atoms with Crippen molar-refractivity contribution in [2.45, 2.75) is 25.3 Å². The molecule has 1 saturated heterocycles. The Bertz CT molecular complexity index is 1040. The first-order valence-electron chi connectivity index (χ1n) is 9.50. The number of hydrogen-bond acceptors (Lipinski definition) is 7. The van der Waals surface area contributed by atoms with Gasteiger partial charge >= 0.3 is 0 Å². The molecule has 2 heterocycles. The zero-order chi connectivity index (χ0) is 21.7. The summed E-state index contributed by atoms with van der Waals surface area (Å²) in [6.07, 6.45) is 5.57. The lowest BCUT2D eigenvalue weighted by atomic mass is 10.1. The normalized spacial score (nSPS) is 15.5. The number of carbonyl (C=O) groups excluding carboxylic acids is 1. The Morgan fingerprint density at radius 2 is 2.03 bits per heavy atom. The van der Waals surface area contributed by atoms with Crippen molar-refractivity contribution >= 4 is 44.9 Å². The van der Waals surface area contributed by atoms with Gasteiger partial charge in [-0.25, -0.2) is 17.7 Å². The van der Waals surface area contributed by atoms with Crippen LogP contribution in [0.2, 0.25) is 5.02 Å². The smallest absolute Gasteiger partial charge is 0.224 e. The van der Waals surface area contributed by atoms with E-state index in [2.05, 4.69) is 27.2 Å². The quantitative estimate of drug-likeness (QED) is 0.597. The number of aromatic nitrogens is 2. The molecule has 3 rings (SSSR count). The van der Waals surface area contributed by atoms with Crippen molar-refractivity contribution in [3.63, 3.8) is 0 Å². The molecule has 0 aliphatic carbocycles. The van der Waals surface area contributed by atoms with Gasteiger partial charge in [-0.15, -0.1) is 0 Å². The van der Waals surface area contributed by atoms with Gasteiger partial charge in [-0.05, 0) is 30.5 Å². The first-order valence-corrected chi connectivity index (χ1v) is 11.7. The van der Waals surface area contributed by atoms with Crippen molar-refractivity contribution in [1.29, 1.82) is 0 Å². The Morgan fingerprint density at radius 3 is 2.70 bits per heavy atom. The highest BCUT2D eigenvalue weighted by molar-refractivity contribution is 7.88. The summed E-state index contributed by atoms with van der Waals surface area (Å²) in [5, 5.41) is 6.77. The standard InChI is InChI=1S/C20H24ClN5O3S/c1-3-16(27)12-14-6-4-5-7-18(14)24-19-17(21)13-22-20(25-19)23-15-8-10-26(11-9-15)30(2,28)29/h3-7,13,15H,1,8-12H2,2H3,(H2,22,23,24,25). The molecule has 0 unspecified atom stereocenters. The Hall–Kier alpha value is -2.49. The minimum Gasteiger partial charge on any atom is -0.351 e. The van der Waals surface area contributed by atoms with Gasteiger partial charge in [-0.2, -0.15) is 4.98 Å². The Kier molecular flexibility index (Phi) is 7.06. The van der Waals surface area contributed by atoms with Crippen LogP contribution >= 0.6 is 11.6 Å². The summed E-state index contributed by atoms with van der Waals surface area (Å²) in [6.45, 7) is 4.43. The summed E-state index contributed by atoms with van der Waals surface area (Å²) in [5.74, 6) is 0.737. The number of benzene rings is 1. The van der Waals surface area contributed by atoms with Crippen LogP contribution in [0.15, 0.2) is 43.1 Å². The van der Waals surface area contributed by atoms with E-state index in [1.807, 2.05) is 24.3 Å². The molecule has 1 aromatic carbocycles. The number of rotatable bonds is 8. The van der Waals surface area contributed by atoms with Gasteiger partial charge in [0.25, 0.3) is 0 Å². The minimum absolute atomic E-state index is 0.0644. The van der Waals surface area contributed by atoms with Gasteiger partial charge < -0.3 is 10.6 Å². The van der Waals surface area contributed by atoms with E-state index in [4.69, 9.17) is 11.6 Å². The van der Waals surface area contributed by atoms with Crippen LogP contribution in [0.25, 0.3) is 0 Å². The summed E-state index contributed by atoms with van der Waals surface area (Å²) in [4.78, 5) is 20.5. The number of nitrogens with one attached hydrogen (secondary N) is 2. The minimum atomic E-state index is -3.17. The fourth-order valence-corrected chi connectivity index (χ4v) is 4.23. The van der Waals surface area contributed by atoms with Crippen LogP contribution in [0.3, 0.4) is 0 Å². The van der Waals surface area contributed by atoms with E-state index in [1.54, 1.807) is 0 Å². The SMILES string of the molecule is C=CC(=O)Cc1ccccc1Nc1nc(NC2CCN(S(C)(=O)=O)CC2)ncc1Cl. The van der Waals surface area contributed by atoms with Gasteiger partial charge in [0.05, 0.1) is 12.5 Å². The number of halogens is 1. The predicted molar refractivity (Wildman–Crippen MR) is 119 cm³/mol. The fraction of sp³-hybridized carbons (Fsp3) is 0.350. The average molecular weight is 450 g/mol. The molecule has 0 atom stereocenters. The van der Waals surface area contributed by atoms with E-state index >= 15 is 0 Å². The first kappa shape index (κ1) is 22.2. The van der Waals surface area contributed by atoms with Crippen LogP contribution in [-0.4, -0.2) is 53.9 Å². The zero-order valence-electron chi connectivity index (χ0n) is 16.6. The summed E-state index contributed by atoms with van der Waals surface area (Å²) < 4.78 is 24.8. The van der Waals surface area contributed by atoms with Crippen molar-refractivity contribution < 1.29 is 13.2 Å². The van der Waals surface area contributed by atoms with Gasteiger partial charge in [-0.1, -0.05) is 36.4 Å². The molecular formula is C20H24ClN5O3S. The lowest BCUT2D eigenvalue weighted by Gasteiger charge is -2.30. The molecule has 2 aromatic rings. The van der Waals surface area contributed by atoms with Crippen LogP contribution < -0.4 is 10.6 Å². The molecule has 1 aliphatic rings. The molecule has 0 amide bonds. The second kappa shape index (κ2) is 9.55. The summed E-state index contributed by atoms with van der Waals surface area (Å²) in [7, 11) is -3.17. The first-order chi connectivity index (χ1) is 14.3. The number of para-hydroxylation sites is 1. The third-order valence-corrected chi connectivity index (χ3v) is 6.44. The largest absolute Gasteiger partial charge is 0.351 e. The monoisotopic (exact) mass is 449 g/mol.